The van der Waals surface area contributed by atoms with Gasteiger partial charge in [-0.25, -0.2) is 10.2 Å². The smallest absolute Gasteiger partial charge is 0.335 e. The number of benzene rings is 2. The van der Waals surface area contributed by atoms with Gasteiger partial charge in [-0.1, -0.05) is 59.6 Å². The zero-order chi connectivity index (χ0) is 19.9. The number of carbonyl (C=O) groups is 1. The summed E-state index contributed by atoms with van der Waals surface area (Å²) in [5.41, 5.74) is 2.09. The molecule has 0 aliphatic rings. The van der Waals surface area contributed by atoms with Gasteiger partial charge in [-0.2, -0.15) is 0 Å². The second kappa shape index (κ2) is 9.60. The fourth-order valence-electron chi connectivity index (χ4n) is 2.26. The molecule has 6 nitrogen and oxygen atoms in total. The number of halogens is 2. The van der Waals surface area contributed by atoms with Gasteiger partial charge in [0.1, 0.15) is 0 Å². The van der Waals surface area contributed by atoms with E-state index in [0.29, 0.717) is 22.2 Å². The first kappa shape index (κ1) is 21.0. The van der Waals surface area contributed by atoms with Crippen LogP contribution in [0.5, 0.6) is 0 Å². The van der Waals surface area contributed by atoms with Crippen LogP contribution in [-0.4, -0.2) is 23.6 Å². The summed E-state index contributed by atoms with van der Waals surface area (Å²) in [5.74, 6) is -0.0711. The van der Waals surface area contributed by atoms with Crippen LogP contribution in [0.3, 0.4) is 0 Å². The number of amides is 2. The van der Waals surface area contributed by atoms with E-state index in [4.69, 9.17) is 27.9 Å². The molecule has 27 heavy (non-hydrogen) atoms. The molecule has 1 atom stereocenters. The first-order valence-corrected chi connectivity index (χ1v) is 9.06. The highest BCUT2D eigenvalue weighted by atomic mass is 35.5. The van der Waals surface area contributed by atoms with E-state index in [2.05, 4.69) is 15.8 Å². The molecule has 0 saturated carbocycles. The number of carbonyl (C=O) groups excluding carboxylic acids is 1. The quantitative estimate of drug-likeness (QED) is 0.382. The molecule has 2 aromatic rings. The topological polar surface area (TPSA) is 83.0 Å². The lowest BCUT2D eigenvalue weighted by atomic mass is 9.96. The van der Waals surface area contributed by atoms with Gasteiger partial charge in [0, 0.05) is 6.54 Å². The van der Waals surface area contributed by atoms with E-state index in [1.165, 1.54) is 13.0 Å². The molecule has 0 aromatic heterocycles. The second-order valence-electron chi connectivity index (χ2n) is 5.83. The summed E-state index contributed by atoms with van der Waals surface area (Å²) in [4.78, 5) is 12.0. The molecular weight excluding hydrogens is 389 g/mol. The van der Waals surface area contributed by atoms with Gasteiger partial charge in [0.05, 0.1) is 16.7 Å². The molecule has 0 bridgehead atoms. The van der Waals surface area contributed by atoms with Crippen molar-refractivity contribution >= 4 is 35.1 Å². The van der Waals surface area contributed by atoms with Crippen LogP contribution in [0, 0.1) is 0 Å². The maximum atomic E-state index is 12.0. The number of nitrogens with zero attached hydrogens (tertiary/aromatic N) is 1. The molecule has 0 radical (unpaired) electrons. The Hall–Kier alpha value is -2.28. The average molecular weight is 410 g/mol. The van der Waals surface area contributed by atoms with Crippen LogP contribution in [0.4, 0.5) is 4.79 Å². The van der Waals surface area contributed by atoms with Crippen LogP contribution >= 0.6 is 23.2 Å². The van der Waals surface area contributed by atoms with Crippen LogP contribution in [0.25, 0.3) is 0 Å². The predicted molar refractivity (Wildman–Crippen MR) is 107 cm³/mol. The molecule has 0 aliphatic heterocycles. The minimum Gasteiger partial charge on any atom is -0.478 e. The van der Waals surface area contributed by atoms with E-state index in [-0.39, 0.29) is 12.5 Å². The van der Waals surface area contributed by atoms with Crippen molar-refractivity contribution in [2.24, 2.45) is 5.10 Å². The average Bonchev–Trinajstić information content (AvgIpc) is 2.66. The highest BCUT2D eigenvalue weighted by molar-refractivity contribution is 6.42. The highest BCUT2D eigenvalue weighted by Crippen LogP contribution is 2.29. The summed E-state index contributed by atoms with van der Waals surface area (Å²) in [5, 5.41) is 18.1. The van der Waals surface area contributed by atoms with E-state index < -0.39 is 11.6 Å². The number of aliphatic hydroxyl groups is 1. The van der Waals surface area contributed by atoms with Gasteiger partial charge in [0.15, 0.2) is 5.60 Å². The lowest BCUT2D eigenvalue weighted by molar-refractivity contribution is 0.0954. The minimum absolute atomic E-state index is 0.0711. The molecule has 2 aromatic carbocycles. The van der Waals surface area contributed by atoms with Gasteiger partial charge in [-0.3, -0.25) is 0 Å². The van der Waals surface area contributed by atoms with Crippen molar-refractivity contribution in [2.75, 3.05) is 6.61 Å². The predicted octanol–water partition coefficient (Wildman–Crippen LogP) is 4.05. The first-order valence-electron chi connectivity index (χ1n) is 8.31. The van der Waals surface area contributed by atoms with Crippen LogP contribution in [0.2, 0.25) is 10.0 Å². The van der Waals surface area contributed by atoms with Crippen molar-refractivity contribution in [1.82, 2.24) is 10.7 Å². The second-order valence-corrected chi connectivity index (χ2v) is 6.65. The third-order valence-corrected chi connectivity index (χ3v) is 4.47. The summed E-state index contributed by atoms with van der Waals surface area (Å²) in [6.45, 7) is 3.83. The molecule has 2 rings (SSSR count). The zero-order valence-corrected chi connectivity index (χ0v) is 16.5. The molecule has 0 saturated heterocycles. The minimum atomic E-state index is -1.61. The molecular formula is C19H21Cl2N3O3. The highest BCUT2D eigenvalue weighted by Gasteiger charge is 2.33. The van der Waals surface area contributed by atoms with E-state index in [1.807, 2.05) is 30.3 Å². The SMILES string of the molecule is CCO/C(=N/NC(=O)NCc1ccccc1)C(C)(O)c1ccc(Cl)c(Cl)c1. The number of rotatable bonds is 6. The van der Waals surface area contributed by atoms with Crippen molar-refractivity contribution in [2.45, 2.75) is 26.0 Å². The van der Waals surface area contributed by atoms with Crippen molar-refractivity contribution in [1.29, 1.82) is 0 Å². The third-order valence-electron chi connectivity index (χ3n) is 3.73. The van der Waals surface area contributed by atoms with Crippen LogP contribution in [0.15, 0.2) is 53.6 Å². The van der Waals surface area contributed by atoms with E-state index in [1.54, 1.807) is 19.1 Å². The Morgan fingerprint density at radius 2 is 1.89 bits per heavy atom. The van der Waals surface area contributed by atoms with Crippen LogP contribution in [0.1, 0.15) is 25.0 Å². The van der Waals surface area contributed by atoms with Gasteiger partial charge in [-0.15, -0.1) is 5.10 Å². The number of hydrogen-bond acceptors (Lipinski definition) is 4. The summed E-state index contributed by atoms with van der Waals surface area (Å²) < 4.78 is 5.43. The molecule has 0 aliphatic carbocycles. The Bertz CT molecular complexity index is 811. The summed E-state index contributed by atoms with van der Waals surface area (Å²) in [7, 11) is 0. The van der Waals surface area contributed by atoms with Gasteiger partial charge in [-0.05, 0) is 37.1 Å². The number of hydrazone groups is 1. The summed E-state index contributed by atoms with van der Waals surface area (Å²) >= 11 is 11.9. The largest absolute Gasteiger partial charge is 0.478 e. The Labute approximate surface area is 168 Å². The molecule has 0 fully saturated rings. The molecule has 3 N–H and O–H groups in total. The molecule has 0 spiro atoms. The fraction of sp³-hybridized carbons (Fsp3) is 0.263. The van der Waals surface area contributed by atoms with Crippen molar-refractivity contribution < 1.29 is 14.6 Å². The standard InChI is InChI=1S/C19H21Cl2N3O3/c1-3-27-17(19(2,26)14-9-10-15(20)16(21)11-14)23-24-18(25)22-12-13-7-5-4-6-8-13/h4-11,26H,3,12H2,1-2H3,(H2,22,24,25)/b23-17+. The van der Waals surface area contributed by atoms with Crippen LogP contribution in [-0.2, 0) is 16.9 Å². The summed E-state index contributed by atoms with van der Waals surface area (Å²) in [6.07, 6.45) is 0. The molecule has 144 valence electrons. The van der Waals surface area contributed by atoms with Crippen LogP contribution < -0.4 is 10.7 Å². The molecule has 8 heteroatoms. The molecule has 0 heterocycles. The van der Waals surface area contributed by atoms with E-state index in [9.17, 15) is 9.90 Å². The Balaban J connectivity index is 2.09. The third kappa shape index (κ3) is 5.85. The fourth-order valence-corrected chi connectivity index (χ4v) is 2.56. The van der Waals surface area contributed by atoms with Gasteiger partial charge < -0.3 is 15.2 Å². The maximum absolute atomic E-state index is 12.0. The number of ether oxygens (including phenoxy) is 1. The Kier molecular flexibility index (Phi) is 7.47. The van der Waals surface area contributed by atoms with Crippen molar-refractivity contribution in [3.05, 3.63) is 69.7 Å². The van der Waals surface area contributed by atoms with Gasteiger partial charge >= 0.3 is 6.03 Å². The molecule has 2 amide bonds. The molecule has 1 unspecified atom stereocenters. The lowest BCUT2D eigenvalue weighted by Gasteiger charge is -2.25. The maximum Gasteiger partial charge on any atom is 0.335 e. The zero-order valence-electron chi connectivity index (χ0n) is 15.0. The number of hydrogen-bond donors (Lipinski definition) is 3. The summed E-state index contributed by atoms with van der Waals surface area (Å²) in [6, 6.07) is 13.6. The first-order chi connectivity index (χ1) is 12.8. The Morgan fingerprint density at radius 1 is 1.19 bits per heavy atom. The van der Waals surface area contributed by atoms with Gasteiger partial charge in [0.2, 0.25) is 5.90 Å². The van der Waals surface area contributed by atoms with Crippen molar-refractivity contribution in [3.8, 4) is 0 Å². The Morgan fingerprint density at radius 3 is 2.52 bits per heavy atom. The lowest BCUT2D eigenvalue weighted by Crippen LogP contribution is -2.39. The monoisotopic (exact) mass is 409 g/mol. The van der Waals surface area contributed by atoms with E-state index in [0.717, 1.165) is 5.56 Å². The van der Waals surface area contributed by atoms with Gasteiger partial charge in [0.25, 0.3) is 0 Å². The normalized spacial score (nSPS) is 13.6. The van der Waals surface area contributed by atoms with E-state index >= 15 is 0 Å². The number of nitrogens with one attached hydrogen (secondary N) is 2. The van der Waals surface area contributed by atoms with Crippen molar-refractivity contribution in [3.63, 3.8) is 0 Å². The number of urea groups is 1.